The van der Waals surface area contributed by atoms with Crippen molar-refractivity contribution in [1.29, 1.82) is 0 Å². The lowest BCUT2D eigenvalue weighted by molar-refractivity contribution is 0.166. The summed E-state index contributed by atoms with van der Waals surface area (Å²) in [7, 11) is 0. The number of nitrogens with one attached hydrogen (secondary N) is 1. The molecule has 1 aliphatic heterocycles. The first-order valence-electron chi connectivity index (χ1n) is 7.06. The average Bonchev–Trinajstić information content (AvgIpc) is 3.07. The van der Waals surface area contributed by atoms with Crippen molar-refractivity contribution >= 4 is 6.03 Å². The molecule has 0 aromatic heterocycles. The Labute approximate surface area is 105 Å². The standard InChI is InChI=1S/C14H26N2O/c1-11(2)14(6-7-14)10-15-13(17)16-8-4-5-12(3)9-16/h11-12H,4-10H2,1-3H3,(H,15,17). The van der Waals surface area contributed by atoms with Crippen LogP contribution in [0.4, 0.5) is 4.79 Å². The van der Waals surface area contributed by atoms with Gasteiger partial charge in [-0.05, 0) is 42.9 Å². The molecule has 3 heteroatoms. The van der Waals surface area contributed by atoms with Crippen molar-refractivity contribution in [3.8, 4) is 0 Å². The number of likely N-dealkylation sites (tertiary alicyclic amines) is 1. The molecular formula is C14H26N2O. The number of rotatable bonds is 3. The monoisotopic (exact) mass is 238 g/mol. The van der Waals surface area contributed by atoms with Crippen LogP contribution in [0.25, 0.3) is 0 Å². The summed E-state index contributed by atoms with van der Waals surface area (Å²) < 4.78 is 0. The molecule has 17 heavy (non-hydrogen) atoms. The first-order chi connectivity index (χ1) is 8.03. The average molecular weight is 238 g/mol. The number of carbonyl (C=O) groups excluding carboxylic acids is 1. The first kappa shape index (κ1) is 12.7. The van der Waals surface area contributed by atoms with E-state index in [2.05, 4.69) is 26.1 Å². The third-order valence-electron chi connectivity index (χ3n) is 4.65. The first-order valence-corrected chi connectivity index (χ1v) is 7.06. The molecule has 0 aromatic carbocycles. The molecule has 2 rings (SSSR count). The number of nitrogens with zero attached hydrogens (tertiary/aromatic N) is 1. The van der Waals surface area contributed by atoms with Crippen LogP contribution in [-0.2, 0) is 0 Å². The van der Waals surface area contributed by atoms with E-state index in [1.165, 1.54) is 19.3 Å². The minimum atomic E-state index is 0.156. The molecule has 0 radical (unpaired) electrons. The van der Waals surface area contributed by atoms with Gasteiger partial charge in [0.15, 0.2) is 0 Å². The highest BCUT2D eigenvalue weighted by molar-refractivity contribution is 5.74. The molecule has 0 bridgehead atoms. The SMILES string of the molecule is CC1CCCN(C(=O)NCC2(C(C)C)CC2)C1. The molecule has 0 aromatic rings. The van der Waals surface area contributed by atoms with Crippen LogP contribution in [-0.4, -0.2) is 30.6 Å². The van der Waals surface area contributed by atoms with Crippen LogP contribution in [0.2, 0.25) is 0 Å². The zero-order chi connectivity index (χ0) is 12.5. The van der Waals surface area contributed by atoms with Gasteiger partial charge in [0.05, 0.1) is 0 Å². The fourth-order valence-electron chi connectivity index (χ4n) is 2.86. The molecule has 1 heterocycles. The Morgan fingerprint density at radius 2 is 2.18 bits per heavy atom. The summed E-state index contributed by atoms with van der Waals surface area (Å²) in [6, 6.07) is 0.156. The maximum atomic E-state index is 12.1. The minimum Gasteiger partial charge on any atom is -0.337 e. The summed E-state index contributed by atoms with van der Waals surface area (Å²) in [5.74, 6) is 1.34. The van der Waals surface area contributed by atoms with E-state index in [1.54, 1.807) is 0 Å². The molecule has 2 amide bonds. The Kier molecular flexibility index (Phi) is 3.64. The normalized spacial score (nSPS) is 27.1. The Hall–Kier alpha value is -0.730. The molecule has 2 fully saturated rings. The summed E-state index contributed by atoms with van der Waals surface area (Å²) in [5.41, 5.74) is 0.414. The van der Waals surface area contributed by atoms with Gasteiger partial charge in [-0.3, -0.25) is 0 Å². The van der Waals surface area contributed by atoms with Gasteiger partial charge in [0.25, 0.3) is 0 Å². The molecule has 1 atom stereocenters. The number of amides is 2. The molecule has 98 valence electrons. The zero-order valence-corrected chi connectivity index (χ0v) is 11.5. The van der Waals surface area contributed by atoms with Gasteiger partial charge in [-0.2, -0.15) is 0 Å². The Balaban J connectivity index is 1.77. The van der Waals surface area contributed by atoms with Crippen LogP contribution < -0.4 is 5.32 Å². The van der Waals surface area contributed by atoms with Crippen molar-refractivity contribution in [3.05, 3.63) is 0 Å². The molecule has 2 aliphatic rings. The number of urea groups is 1. The van der Waals surface area contributed by atoms with Crippen molar-refractivity contribution in [2.24, 2.45) is 17.3 Å². The largest absolute Gasteiger partial charge is 0.337 e. The maximum absolute atomic E-state index is 12.1. The van der Waals surface area contributed by atoms with Crippen molar-refractivity contribution in [1.82, 2.24) is 10.2 Å². The smallest absolute Gasteiger partial charge is 0.317 e. The minimum absolute atomic E-state index is 0.156. The van der Waals surface area contributed by atoms with Gasteiger partial charge in [0.2, 0.25) is 0 Å². The van der Waals surface area contributed by atoms with Crippen molar-refractivity contribution < 1.29 is 4.79 Å². The highest BCUT2D eigenvalue weighted by Gasteiger charge is 2.45. The number of carbonyl (C=O) groups is 1. The summed E-state index contributed by atoms with van der Waals surface area (Å²) in [6.45, 7) is 9.50. The Morgan fingerprint density at radius 3 is 2.71 bits per heavy atom. The zero-order valence-electron chi connectivity index (χ0n) is 11.5. The Morgan fingerprint density at radius 1 is 1.47 bits per heavy atom. The van der Waals surface area contributed by atoms with E-state index in [1.807, 2.05) is 4.90 Å². The van der Waals surface area contributed by atoms with Crippen LogP contribution in [0.3, 0.4) is 0 Å². The number of hydrogen-bond acceptors (Lipinski definition) is 1. The number of piperidine rings is 1. The second-order valence-electron chi connectivity index (χ2n) is 6.37. The van der Waals surface area contributed by atoms with E-state index in [9.17, 15) is 4.79 Å². The molecule has 1 saturated heterocycles. The second-order valence-corrected chi connectivity index (χ2v) is 6.37. The summed E-state index contributed by atoms with van der Waals surface area (Å²) >= 11 is 0. The van der Waals surface area contributed by atoms with Crippen molar-refractivity contribution in [2.45, 2.75) is 46.5 Å². The van der Waals surface area contributed by atoms with Crippen molar-refractivity contribution in [3.63, 3.8) is 0 Å². The van der Waals surface area contributed by atoms with Gasteiger partial charge >= 0.3 is 6.03 Å². The molecule has 0 spiro atoms. The molecule has 1 saturated carbocycles. The highest BCUT2D eigenvalue weighted by Crippen LogP contribution is 2.51. The molecular weight excluding hydrogens is 212 g/mol. The van der Waals surface area contributed by atoms with E-state index in [-0.39, 0.29) is 6.03 Å². The van der Waals surface area contributed by atoms with Crippen LogP contribution in [0.15, 0.2) is 0 Å². The maximum Gasteiger partial charge on any atom is 0.317 e. The molecule has 1 N–H and O–H groups in total. The van der Waals surface area contributed by atoms with Crippen LogP contribution in [0, 0.1) is 17.3 Å². The topological polar surface area (TPSA) is 32.3 Å². The van der Waals surface area contributed by atoms with E-state index < -0.39 is 0 Å². The fourth-order valence-corrected chi connectivity index (χ4v) is 2.86. The van der Waals surface area contributed by atoms with E-state index in [0.29, 0.717) is 17.3 Å². The predicted molar refractivity (Wildman–Crippen MR) is 69.9 cm³/mol. The lowest BCUT2D eigenvalue weighted by Gasteiger charge is -2.32. The van der Waals surface area contributed by atoms with Gasteiger partial charge < -0.3 is 10.2 Å². The fraction of sp³-hybridized carbons (Fsp3) is 0.929. The van der Waals surface area contributed by atoms with Gasteiger partial charge in [-0.1, -0.05) is 20.8 Å². The quantitative estimate of drug-likeness (QED) is 0.805. The third-order valence-corrected chi connectivity index (χ3v) is 4.65. The molecule has 1 aliphatic carbocycles. The van der Waals surface area contributed by atoms with Crippen molar-refractivity contribution in [2.75, 3.05) is 19.6 Å². The van der Waals surface area contributed by atoms with Crippen LogP contribution >= 0.6 is 0 Å². The van der Waals surface area contributed by atoms with Gasteiger partial charge in [0, 0.05) is 19.6 Å². The predicted octanol–water partition coefficient (Wildman–Crippen LogP) is 2.86. The summed E-state index contributed by atoms with van der Waals surface area (Å²) in [5, 5.41) is 3.14. The highest BCUT2D eigenvalue weighted by atomic mass is 16.2. The third kappa shape index (κ3) is 2.93. The summed E-state index contributed by atoms with van der Waals surface area (Å²) in [6.07, 6.45) is 4.98. The second kappa shape index (κ2) is 4.87. The molecule has 1 unspecified atom stereocenters. The van der Waals surface area contributed by atoms with E-state index >= 15 is 0 Å². The number of hydrogen-bond donors (Lipinski definition) is 1. The van der Waals surface area contributed by atoms with E-state index in [0.717, 1.165) is 26.1 Å². The molecule has 3 nitrogen and oxygen atoms in total. The van der Waals surface area contributed by atoms with Crippen LogP contribution in [0.1, 0.15) is 46.5 Å². The van der Waals surface area contributed by atoms with Gasteiger partial charge in [-0.15, -0.1) is 0 Å². The lowest BCUT2D eigenvalue weighted by Crippen LogP contribution is -2.46. The van der Waals surface area contributed by atoms with E-state index in [4.69, 9.17) is 0 Å². The lowest BCUT2D eigenvalue weighted by atomic mass is 9.92. The van der Waals surface area contributed by atoms with Crippen LogP contribution in [0.5, 0.6) is 0 Å². The van der Waals surface area contributed by atoms with Gasteiger partial charge in [-0.25, -0.2) is 4.79 Å². The van der Waals surface area contributed by atoms with Gasteiger partial charge in [0.1, 0.15) is 0 Å². The summed E-state index contributed by atoms with van der Waals surface area (Å²) in [4.78, 5) is 14.0. The Bertz CT molecular complexity index is 284.